The monoisotopic (exact) mass is 225 g/mol. The molecule has 0 bridgehead atoms. The van der Waals surface area contributed by atoms with Crippen LogP contribution in [-0.2, 0) is 0 Å². The van der Waals surface area contributed by atoms with Crippen LogP contribution >= 0.6 is 0 Å². The summed E-state index contributed by atoms with van der Waals surface area (Å²) in [5.41, 5.74) is 0. The highest BCUT2D eigenvalue weighted by molar-refractivity contribution is 4.93. The molecule has 3 atom stereocenters. The van der Waals surface area contributed by atoms with E-state index in [0.29, 0.717) is 0 Å². The second-order valence-corrected chi connectivity index (χ2v) is 5.43. The van der Waals surface area contributed by atoms with Gasteiger partial charge in [-0.1, -0.05) is 13.3 Å². The molecule has 2 aliphatic rings. The molecule has 0 aromatic carbocycles. The summed E-state index contributed by atoms with van der Waals surface area (Å²) in [6.07, 6.45) is 5.44. The van der Waals surface area contributed by atoms with Crippen LogP contribution in [0.3, 0.4) is 0 Å². The molecule has 3 nitrogen and oxygen atoms in total. The van der Waals surface area contributed by atoms with E-state index in [1.165, 1.54) is 45.3 Å². The first kappa shape index (κ1) is 12.3. The Morgan fingerprint density at radius 1 is 1.25 bits per heavy atom. The lowest BCUT2D eigenvalue weighted by atomic mass is 10.0. The molecule has 0 radical (unpaired) electrons. The number of hydrogen-bond acceptors (Lipinski definition) is 3. The van der Waals surface area contributed by atoms with Gasteiger partial charge < -0.3 is 10.2 Å². The van der Waals surface area contributed by atoms with Gasteiger partial charge in [-0.2, -0.15) is 0 Å². The predicted molar refractivity (Wildman–Crippen MR) is 68.8 cm³/mol. The average Bonchev–Trinajstić information content (AvgIpc) is 2.78. The van der Waals surface area contributed by atoms with Crippen LogP contribution in [0.1, 0.15) is 32.6 Å². The average molecular weight is 225 g/mol. The molecule has 1 N–H and O–H groups in total. The molecule has 3 unspecified atom stereocenters. The number of hydrogen-bond donors (Lipinski definition) is 1. The van der Waals surface area contributed by atoms with Gasteiger partial charge in [0, 0.05) is 37.8 Å². The van der Waals surface area contributed by atoms with Crippen molar-refractivity contribution in [3.63, 3.8) is 0 Å². The Hall–Kier alpha value is -0.120. The lowest BCUT2D eigenvalue weighted by Crippen LogP contribution is -2.57. The molecule has 2 fully saturated rings. The van der Waals surface area contributed by atoms with Crippen LogP contribution in [0.5, 0.6) is 0 Å². The van der Waals surface area contributed by atoms with Crippen LogP contribution in [0.15, 0.2) is 0 Å². The first-order chi connectivity index (χ1) is 7.76. The molecule has 94 valence electrons. The van der Waals surface area contributed by atoms with Crippen molar-refractivity contribution in [3.05, 3.63) is 0 Å². The molecule has 1 saturated heterocycles. The molecule has 3 heteroatoms. The third kappa shape index (κ3) is 2.41. The van der Waals surface area contributed by atoms with E-state index in [1.807, 2.05) is 0 Å². The van der Waals surface area contributed by atoms with Gasteiger partial charge in [-0.25, -0.2) is 0 Å². The summed E-state index contributed by atoms with van der Waals surface area (Å²) in [6, 6.07) is 2.31. The third-order valence-electron chi connectivity index (χ3n) is 4.60. The predicted octanol–water partition coefficient (Wildman–Crippen LogP) is 1.15. The minimum absolute atomic E-state index is 0.737. The van der Waals surface area contributed by atoms with Crippen LogP contribution in [-0.4, -0.2) is 61.7 Å². The van der Waals surface area contributed by atoms with Crippen molar-refractivity contribution in [2.75, 3.05) is 33.7 Å². The quantitative estimate of drug-likeness (QED) is 0.777. The van der Waals surface area contributed by atoms with Crippen LogP contribution < -0.4 is 5.32 Å². The largest absolute Gasteiger partial charge is 0.315 e. The number of nitrogens with zero attached hydrogens (tertiary/aromatic N) is 2. The topological polar surface area (TPSA) is 18.5 Å². The normalized spacial score (nSPS) is 38.1. The summed E-state index contributed by atoms with van der Waals surface area (Å²) < 4.78 is 0. The minimum atomic E-state index is 0.737. The zero-order valence-corrected chi connectivity index (χ0v) is 11.1. The van der Waals surface area contributed by atoms with Gasteiger partial charge in [0.15, 0.2) is 0 Å². The fourth-order valence-electron chi connectivity index (χ4n) is 3.43. The molecular formula is C13H27N3. The van der Waals surface area contributed by atoms with Crippen molar-refractivity contribution in [3.8, 4) is 0 Å². The molecular weight excluding hydrogens is 198 g/mol. The van der Waals surface area contributed by atoms with E-state index in [4.69, 9.17) is 0 Å². The van der Waals surface area contributed by atoms with E-state index < -0.39 is 0 Å². The van der Waals surface area contributed by atoms with Crippen molar-refractivity contribution in [1.82, 2.24) is 15.1 Å². The van der Waals surface area contributed by atoms with Crippen LogP contribution in [0.2, 0.25) is 0 Å². The highest BCUT2D eigenvalue weighted by atomic mass is 15.3. The lowest BCUT2D eigenvalue weighted by molar-refractivity contribution is 0.0563. The molecule has 1 aliphatic heterocycles. The lowest BCUT2D eigenvalue weighted by Gasteiger charge is -2.43. The summed E-state index contributed by atoms with van der Waals surface area (Å²) in [4.78, 5) is 5.27. The van der Waals surface area contributed by atoms with Gasteiger partial charge in [0.2, 0.25) is 0 Å². The Morgan fingerprint density at radius 2 is 2.06 bits per heavy atom. The van der Waals surface area contributed by atoms with Crippen LogP contribution in [0, 0.1) is 0 Å². The van der Waals surface area contributed by atoms with Gasteiger partial charge >= 0.3 is 0 Å². The summed E-state index contributed by atoms with van der Waals surface area (Å²) >= 11 is 0. The fourth-order valence-corrected chi connectivity index (χ4v) is 3.43. The van der Waals surface area contributed by atoms with E-state index >= 15 is 0 Å². The maximum absolute atomic E-state index is 3.50. The highest BCUT2D eigenvalue weighted by Gasteiger charge is 2.34. The number of nitrogens with one attached hydrogen (secondary N) is 1. The van der Waals surface area contributed by atoms with Crippen molar-refractivity contribution in [1.29, 1.82) is 0 Å². The molecule has 2 rings (SSSR count). The zero-order valence-electron chi connectivity index (χ0n) is 11.1. The molecule has 1 aliphatic carbocycles. The van der Waals surface area contributed by atoms with E-state index in [1.54, 1.807) is 0 Å². The van der Waals surface area contributed by atoms with E-state index in [0.717, 1.165) is 18.1 Å². The Kier molecular flexibility index (Phi) is 4.22. The first-order valence-corrected chi connectivity index (χ1v) is 6.87. The smallest absolute Gasteiger partial charge is 0.0250 e. The van der Waals surface area contributed by atoms with Crippen molar-refractivity contribution >= 4 is 0 Å². The Labute approximate surface area is 100 Å². The van der Waals surface area contributed by atoms with E-state index in [-0.39, 0.29) is 0 Å². The first-order valence-electron chi connectivity index (χ1n) is 6.87. The maximum atomic E-state index is 3.50. The standard InChI is InChI=1S/C13H27N3/c1-4-11-10-16(9-8-15(11)3)13-7-5-6-12(13)14-2/h11-14H,4-10H2,1-3H3. The summed E-state index contributed by atoms with van der Waals surface area (Å²) in [7, 11) is 4.39. The number of rotatable bonds is 3. The highest BCUT2D eigenvalue weighted by Crippen LogP contribution is 2.26. The van der Waals surface area contributed by atoms with Gasteiger partial charge in [0.25, 0.3) is 0 Å². The molecule has 16 heavy (non-hydrogen) atoms. The van der Waals surface area contributed by atoms with Crippen molar-refractivity contribution in [2.45, 2.75) is 50.7 Å². The summed E-state index contributed by atoms with van der Waals surface area (Å²) in [6.45, 7) is 6.09. The second-order valence-electron chi connectivity index (χ2n) is 5.43. The Balaban J connectivity index is 1.94. The Morgan fingerprint density at radius 3 is 2.75 bits per heavy atom. The van der Waals surface area contributed by atoms with Crippen molar-refractivity contribution < 1.29 is 0 Å². The maximum Gasteiger partial charge on any atom is 0.0250 e. The minimum Gasteiger partial charge on any atom is -0.315 e. The van der Waals surface area contributed by atoms with Gasteiger partial charge in [0.1, 0.15) is 0 Å². The van der Waals surface area contributed by atoms with Gasteiger partial charge in [-0.3, -0.25) is 4.90 Å². The SMILES string of the molecule is CCC1CN(C2CCCC2NC)CCN1C. The van der Waals surface area contributed by atoms with E-state index in [9.17, 15) is 0 Å². The number of likely N-dealkylation sites (N-methyl/N-ethyl adjacent to an activating group) is 2. The van der Waals surface area contributed by atoms with Gasteiger partial charge in [-0.15, -0.1) is 0 Å². The summed E-state index contributed by atoms with van der Waals surface area (Å²) in [5, 5.41) is 3.50. The molecule has 1 saturated carbocycles. The second kappa shape index (κ2) is 5.48. The molecule has 0 aromatic rings. The number of piperazine rings is 1. The molecule has 1 heterocycles. The van der Waals surface area contributed by atoms with Crippen molar-refractivity contribution in [2.24, 2.45) is 0 Å². The zero-order chi connectivity index (χ0) is 11.5. The van der Waals surface area contributed by atoms with Gasteiger partial charge in [0.05, 0.1) is 0 Å². The molecule has 0 spiro atoms. The third-order valence-corrected chi connectivity index (χ3v) is 4.60. The van der Waals surface area contributed by atoms with E-state index in [2.05, 4.69) is 36.1 Å². The van der Waals surface area contributed by atoms with Gasteiger partial charge in [-0.05, 0) is 33.4 Å². The molecule has 0 aromatic heterocycles. The fraction of sp³-hybridized carbons (Fsp3) is 1.00. The summed E-state index contributed by atoms with van der Waals surface area (Å²) in [5.74, 6) is 0. The Bertz CT molecular complexity index is 219. The van der Waals surface area contributed by atoms with Crippen LogP contribution in [0.4, 0.5) is 0 Å². The molecule has 0 amide bonds. The van der Waals surface area contributed by atoms with Crippen LogP contribution in [0.25, 0.3) is 0 Å².